The van der Waals surface area contributed by atoms with Crippen LogP contribution in [0, 0.1) is 28.7 Å². The van der Waals surface area contributed by atoms with Gasteiger partial charge in [-0.3, -0.25) is 0 Å². The molecule has 2 N–H and O–H groups in total. The van der Waals surface area contributed by atoms with Gasteiger partial charge < -0.3 is 15.2 Å². The quantitative estimate of drug-likeness (QED) is 0.262. The average molecular weight is 707 g/mol. The van der Waals surface area contributed by atoms with Crippen LogP contribution >= 0.6 is 0 Å². The van der Waals surface area contributed by atoms with Gasteiger partial charge in [0.05, 0.1) is 12.2 Å². The summed E-state index contributed by atoms with van der Waals surface area (Å²) in [6.07, 6.45) is 12.4. The van der Waals surface area contributed by atoms with Gasteiger partial charge in [0.1, 0.15) is 0 Å². The molecule has 0 aliphatic heterocycles. The summed E-state index contributed by atoms with van der Waals surface area (Å²) in [7, 11) is 0. The molecule has 2 aliphatic rings. The first-order valence-electron chi connectivity index (χ1n) is 15.1. The summed E-state index contributed by atoms with van der Waals surface area (Å²) in [4.78, 5) is 4.45. The zero-order valence-electron chi connectivity index (χ0n) is 24.3. The van der Waals surface area contributed by atoms with Crippen LogP contribution in [0.2, 0.25) is 0 Å². The molecule has 2 fully saturated rings. The van der Waals surface area contributed by atoms with Gasteiger partial charge in [-0.25, -0.2) is 0 Å². The van der Waals surface area contributed by atoms with Gasteiger partial charge in [-0.1, -0.05) is 64.8 Å². The maximum Gasteiger partial charge on any atom is 0.0651 e. The van der Waals surface area contributed by atoms with E-state index in [1.54, 1.807) is 0 Å². The fourth-order valence-corrected chi connectivity index (χ4v) is 7.68. The van der Waals surface area contributed by atoms with E-state index >= 15 is 0 Å². The Bertz CT molecular complexity index is 1100. The minimum Gasteiger partial charge on any atom is -0.392 e. The summed E-state index contributed by atoms with van der Waals surface area (Å²) in [5, 5.41) is 25.1. The molecular weight excluding hydrogens is 659 g/mol. The maximum absolute atomic E-state index is 11.4. The normalized spacial score (nSPS) is 25.7. The summed E-state index contributed by atoms with van der Waals surface area (Å²) < 4.78 is 0. The Morgan fingerprint density at radius 2 is 1.36 bits per heavy atom. The number of hydrogen-bond donors (Lipinski definition) is 2. The molecule has 0 amide bonds. The van der Waals surface area contributed by atoms with Gasteiger partial charge in [0.15, 0.2) is 0 Å². The molecule has 4 heteroatoms. The van der Waals surface area contributed by atoms with Gasteiger partial charge in [0, 0.05) is 32.2 Å². The van der Waals surface area contributed by atoms with Gasteiger partial charge >= 0.3 is 0 Å². The van der Waals surface area contributed by atoms with Crippen molar-refractivity contribution in [1.29, 1.82) is 0 Å². The average Bonchev–Trinajstić information content (AvgIpc) is 3.20. The number of benzene rings is 2. The van der Waals surface area contributed by atoms with E-state index in [-0.39, 0.29) is 49.1 Å². The van der Waals surface area contributed by atoms with Crippen molar-refractivity contribution in [2.45, 2.75) is 104 Å². The number of fused-ring (bicyclic) bond motifs is 2. The fourth-order valence-electron chi connectivity index (χ4n) is 7.68. The molecule has 0 saturated heterocycles. The standard InChI is InChI=1S/C20H38O2.C15H10N.Ir/c1-5-19(6-2)13-9-11-15-12-10-14-20(7-3,8-4)18(22)16(15)17(19)21;1-2-7-13(8-3-1)15-14-9-5-4-6-12(14)10-11-16-15;/h15-18,21-22H,5-14H2,1-4H3;1-7,9-11H;/q;-1;. The molecule has 2 saturated carbocycles. The van der Waals surface area contributed by atoms with Crippen LogP contribution in [-0.2, 0) is 20.1 Å². The van der Waals surface area contributed by atoms with Crippen LogP contribution in [0.25, 0.3) is 22.0 Å². The van der Waals surface area contributed by atoms with Gasteiger partial charge in [0.2, 0.25) is 0 Å². The molecule has 2 aromatic carbocycles. The van der Waals surface area contributed by atoms with E-state index in [9.17, 15) is 10.2 Å². The third-order valence-corrected chi connectivity index (χ3v) is 10.5. The third-order valence-electron chi connectivity index (χ3n) is 10.5. The molecule has 39 heavy (non-hydrogen) atoms. The van der Waals surface area contributed by atoms with Crippen molar-refractivity contribution >= 4 is 10.8 Å². The van der Waals surface area contributed by atoms with E-state index < -0.39 is 0 Å². The van der Waals surface area contributed by atoms with Crippen LogP contribution in [-0.4, -0.2) is 27.4 Å². The molecule has 1 heterocycles. The Morgan fingerprint density at radius 1 is 0.795 bits per heavy atom. The molecule has 3 nitrogen and oxygen atoms in total. The van der Waals surface area contributed by atoms with Crippen LogP contribution in [0.1, 0.15) is 91.9 Å². The number of aliphatic hydroxyl groups excluding tert-OH is 2. The van der Waals surface area contributed by atoms with Crippen LogP contribution in [0.5, 0.6) is 0 Å². The minimum absolute atomic E-state index is 0. The number of hydrogen-bond acceptors (Lipinski definition) is 3. The predicted molar refractivity (Wildman–Crippen MR) is 159 cm³/mol. The van der Waals surface area contributed by atoms with E-state index in [0.717, 1.165) is 49.8 Å². The van der Waals surface area contributed by atoms with Crippen molar-refractivity contribution < 1.29 is 30.3 Å². The van der Waals surface area contributed by atoms with Crippen LogP contribution in [0.3, 0.4) is 0 Å². The molecule has 3 aromatic rings. The summed E-state index contributed by atoms with van der Waals surface area (Å²) in [5.41, 5.74) is 2.09. The first-order chi connectivity index (χ1) is 18.4. The Balaban J connectivity index is 0.000000219. The second kappa shape index (κ2) is 14.4. The number of nitrogens with zero attached hydrogens (tertiary/aromatic N) is 1. The van der Waals surface area contributed by atoms with E-state index in [1.165, 1.54) is 36.5 Å². The molecule has 1 radical (unpaired) electrons. The fraction of sp³-hybridized carbons (Fsp3) is 0.571. The predicted octanol–water partition coefficient (Wildman–Crippen LogP) is 8.62. The number of aromatic nitrogens is 1. The smallest absolute Gasteiger partial charge is 0.0651 e. The summed E-state index contributed by atoms with van der Waals surface area (Å²) >= 11 is 0. The van der Waals surface area contributed by atoms with E-state index in [4.69, 9.17) is 0 Å². The minimum atomic E-state index is -0.333. The second-order valence-corrected chi connectivity index (χ2v) is 11.8. The Labute approximate surface area is 250 Å². The second-order valence-electron chi connectivity index (χ2n) is 11.8. The van der Waals surface area contributed by atoms with Gasteiger partial charge in [-0.15, -0.1) is 35.9 Å². The van der Waals surface area contributed by atoms with Crippen LogP contribution in [0.4, 0.5) is 0 Å². The van der Waals surface area contributed by atoms with Crippen molar-refractivity contribution in [3.8, 4) is 11.3 Å². The Morgan fingerprint density at radius 3 is 1.90 bits per heavy atom. The first-order valence-corrected chi connectivity index (χ1v) is 15.1. The molecule has 2 atom stereocenters. The first kappa shape index (κ1) is 31.9. The van der Waals surface area contributed by atoms with Crippen molar-refractivity contribution in [3.63, 3.8) is 0 Å². The molecule has 0 bridgehead atoms. The topological polar surface area (TPSA) is 53.4 Å². The maximum atomic E-state index is 11.4. The molecule has 2 unspecified atom stereocenters. The van der Waals surface area contributed by atoms with E-state index in [0.29, 0.717) is 5.92 Å². The number of rotatable bonds is 5. The molecular formula is C35H48IrNO2-. The van der Waals surface area contributed by atoms with Gasteiger partial charge in [-0.05, 0) is 90.6 Å². The monoisotopic (exact) mass is 707 g/mol. The molecule has 2 aliphatic carbocycles. The molecule has 215 valence electrons. The van der Waals surface area contributed by atoms with Crippen molar-refractivity contribution in [2.75, 3.05) is 0 Å². The van der Waals surface area contributed by atoms with E-state index in [2.05, 4.69) is 50.9 Å². The van der Waals surface area contributed by atoms with Gasteiger partial charge in [0.25, 0.3) is 0 Å². The van der Waals surface area contributed by atoms with Crippen LogP contribution in [0.15, 0.2) is 60.8 Å². The zero-order chi connectivity index (χ0) is 27.2. The summed E-state index contributed by atoms with van der Waals surface area (Å²) in [6.45, 7) is 8.90. The van der Waals surface area contributed by atoms with Crippen molar-refractivity contribution in [3.05, 3.63) is 66.9 Å². The van der Waals surface area contributed by atoms with Gasteiger partial charge in [-0.2, -0.15) is 0 Å². The SMILES string of the molecule is CCC1(CC)CCCC2CCCC(CC)(CC)C(O)C2C1O.[Ir].[c-]1ccccc1-c1nccc2ccccc12. The summed E-state index contributed by atoms with van der Waals surface area (Å²) in [6, 6.07) is 21.4. The number of pyridine rings is 1. The molecule has 0 spiro atoms. The largest absolute Gasteiger partial charge is 0.392 e. The molecule has 1 aromatic heterocycles. The Kier molecular flexibility index (Phi) is 11.8. The van der Waals surface area contributed by atoms with Crippen LogP contribution < -0.4 is 0 Å². The Hall–Kier alpha value is -1.58. The number of aliphatic hydroxyl groups is 2. The molecule has 5 rings (SSSR count). The van der Waals surface area contributed by atoms with Crippen molar-refractivity contribution in [1.82, 2.24) is 4.98 Å². The third kappa shape index (κ3) is 6.51. The zero-order valence-corrected chi connectivity index (χ0v) is 26.7. The van der Waals surface area contributed by atoms with Crippen molar-refractivity contribution in [2.24, 2.45) is 22.7 Å². The van der Waals surface area contributed by atoms with E-state index in [1.807, 2.05) is 48.7 Å². The summed E-state index contributed by atoms with van der Waals surface area (Å²) in [5.74, 6) is 0.606.